The smallest absolute Gasteiger partial charge is 0.330 e. The van der Waals surface area contributed by atoms with Gasteiger partial charge in [0.25, 0.3) is 0 Å². The lowest BCUT2D eigenvalue weighted by Gasteiger charge is -2.31. The van der Waals surface area contributed by atoms with Gasteiger partial charge in [0, 0.05) is 5.57 Å². The van der Waals surface area contributed by atoms with E-state index in [-0.39, 0.29) is 0 Å². The van der Waals surface area contributed by atoms with E-state index in [9.17, 15) is 4.79 Å². The lowest BCUT2D eigenvalue weighted by atomic mass is 9.75. The van der Waals surface area contributed by atoms with E-state index in [0.29, 0.717) is 11.0 Å². The highest BCUT2D eigenvalue weighted by molar-refractivity contribution is 5.85. The van der Waals surface area contributed by atoms with Gasteiger partial charge in [0.2, 0.25) is 0 Å². The van der Waals surface area contributed by atoms with Crippen LogP contribution in [0.2, 0.25) is 0 Å². The Kier molecular flexibility index (Phi) is 16.6. The van der Waals surface area contributed by atoms with Gasteiger partial charge in [-0.2, -0.15) is 0 Å². The van der Waals surface area contributed by atoms with Crippen LogP contribution in [0, 0.1) is 11.3 Å². The molecule has 2 heteroatoms. The van der Waals surface area contributed by atoms with Crippen molar-refractivity contribution in [2.75, 3.05) is 0 Å². The average Bonchev–Trinajstić information content (AvgIpc) is 2.62. The van der Waals surface area contributed by atoms with Gasteiger partial charge in [0.15, 0.2) is 0 Å². The zero-order valence-electron chi connectivity index (χ0n) is 19.8. The third kappa shape index (κ3) is 16.2. The summed E-state index contributed by atoms with van der Waals surface area (Å²) in [6, 6.07) is 0. The third-order valence-corrected chi connectivity index (χ3v) is 6.18. The molecule has 1 atom stereocenters. The van der Waals surface area contributed by atoms with Gasteiger partial charge >= 0.3 is 5.97 Å². The summed E-state index contributed by atoms with van der Waals surface area (Å²) in [5, 5.41) is 8.93. The lowest BCUT2D eigenvalue weighted by molar-refractivity contribution is -0.132. The fourth-order valence-corrected chi connectivity index (χ4v) is 4.01. The number of hydrogen-bond acceptors (Lipinski definition) is 1. The van der Waals surface area contributed by atoms with Crippen molar-refractivity contribution in [3.8, 4) is 0 Å². The maximum absolute atomic E-state index is 10.9. The lowest BCUT2D eigenvalue weighted by Crippen LogP contribution is -2.20. The zero-order valence-corrected chi connectivity index (χ0v) is 19.8. The van der Waals surface area contributed by atoms with Gasteiger partial charge in [-0.25, -0.2) is 4.79 Å². The molecule has 28 heavy (non-hydrogen) atoms. The summed E-state index contributed by atoms with van der Waals surface area (Å²) in [5.41, 5.74) is 0.830. The number of aliphatic carboxylic acids is 1. The molecule has 0 radical (unpaired) electrons. The minimum Gasteiger partial charge on any atom is -0.478 e. The van der Waals surface area contributed by atoms with Crippen molar-refractivity contribution in [3.63, 3.8) is 0 Å². The molecule has 1 unspecified atom stereocenters. The predicted octanol–water partition coefficient (Wildman–Crippen LogP) is 8.94. The van der Waals surface area contributed by atoms with E-state index in [1.807, 2.05) is 6.08 Å². The third-order valence-electron chi connectivity index (χ3n) is 6.18. The first-order valence-corrected chi connectivity index (χ1v) is 12.2. The van der Waals surface area contributed by atoms with Gasteiger partial charge in [0.1, 0.15) is 0 Å². The largest absolute Gasteiger partial charge is 0.478 e. The number of hydrogen-bond donors (Lipinski definition) is 1. The molecule has 0 saturated carbocycles. The first-order valence-electron chi connectivity index (χ1n) is 12.2. The Bertz CT molecular complexity index is 403. The van der Waals surface area contributed by atoms with Gasteiger partial charge in [-0.15, -0.1) is 0 Å². The van der Waals surface area contributed by atoms with Crippen LogP contribution in [0.25, 0.3) is 0 Å². The van der Waals surface area contributed by atoms with Crippen molar-refractivity contribution in [2.45, 2.75) is 137 Å². The van der Waals surface area contributed by atoms with Crippen LogP contribution in [0.5, 0.6) is 0 Å². The Labute approximate surface area is 176 Å². The van der Waals surface area contributed by atoms with Gasteiger partial charge in [0.05, 0.1) is 0 Å². The average molecular weight is 395 g/mol. The second kappa shape index (κ2) is 17.1. The van der Waals surface area contributed by atoms with Gasteiger partial charge in [-0.1, -0.05) is 111 Å². The second-order valence-electron chi connectivity index (χ2n) is 9.86. The fraction of sp³-hybridized carbons (Fsp3) is 0.885. The summed E-state index contributed by atoms with van der Waals surface area (Å²) in [6.45, 7) is 11.0. The molecule has 166 valence electrons. The molecular weight excluding hydrogens is 344 g/mol. The molecule has 0 aliphatic carbocycles. The zero-order chi connectivity index (χ0) is 21.3. The fourth-order valence-electron chi connectivity index (χ4n) is 4.01. The molecular formula is C26H50O2. The number of rotatable bonds is 18. The molecule has 0 aromatic carbocycles. The molecule has 0 fully saturated rings. The molecule has 0 aromatic rings. The molecule has 0 aromatic heterocycles. The molecule has 0 rings (SSSR count). The topological polar surface area (TPSA) is 37.3 Å². The Morgan fingerprint density at radius 3 is 1.64 bits per heavy atom. The van der Waals surface area contributed by atoms with Crippen molar-refractivity contribution >= 4 is 5.97 Å². The van der Waals surface area contributed by atoms with Gasteiger partial charge in [-0.05, 0) is 43.9 Å². The van der Waals surface area contributed by atoms with Crippen molar-refractivity contribution < 1.29 is 9.90 Å². The monoisotopic (exact) mass is 394 g/mol. The van der Waals surface area contributed by atoms with E-state index in [4.69, 9.17) is 5.11 Å². The number of carboxylic acid groups (broad SMARTS) is 1. The second-order valence-corrected chi connectivity index (χ2v) is 9.86. The molecule has 0 saturated heterocycles. The summed E-state index contributed by atoms with van der Waals surface area (Å²) >= 11 is 0. The summed E-state index contributed by atoms with van der Waals surface area (Å²) < 4.78 is 0. The summed E-state index contributed by atoms with van der Waals surface area (Å²) in [5.74, 6) is -0.0435. The van der Waals surface area contributed by atoms with Crippen molar-refractivity contribution in [2.24, 2.45) is 11.3 Å². The van der Waals surface area contributed by atoms with Crippen LogP contribution in [0.3, 0.4) is 0 Å². The number of unbranched alkanes of at least 4 members (excludes halogenated alkanes) is 12. The van der Waals surface area contributed by atoms with Crippen LogP contribution in [0.1, 0.15) is 137 Å². The minimum atomic E-state index is -0.788. The quantitative estimate of drug-likeness (QED) is 0.186. The highest BCUT2D eigenvalue weighted by Gasteiger charge is 2.23. The molecule has 0 aliphatic heterocycles. The van der Waals surface area contributed by atoms with Crippen molar-refractivity contribution in [3.05, 3.63) is 11.6 Å². The van der Waals surface area contributed by atoms with Crippen LogP contribution in [0.4, 0.5) is 0 Å². The summed E-state index contributed by atoms with van der Waals surface area (Å²) in [4.78, 5) is 10.9. The molecule has 2 nitrogen and oxygen atoms in total. The van der Waals surface area contributed by atoms with Crippen LogP contribution in [-0.2, 0) is 4.79 Å². The van der Waals surface area contributed by atoms with Crippen molar-refractivity contribution in [1.29, 1.82) is 0 Å². The number of allylic oxidation sites excluding steroid dienone is 1. The first kappa shape index (κ1) is 27.2. The molecule has 0 spiro atoms. The van der Waals surface area contributed by atoms with E-state index in [0.717, 1.165) is 18.8 Å². The Morgan fingerprint density at radius 1 is 0.786 bits per heavy atom. The number of carbonyl (C=O) groups is 1. The Morgan fingerprint density at radius 2 is 1.21 bits per heavy atom. The molecule has 0 aliphatic rings. The van der Waals surface area contributed by atoms with E-state index in [1.54, 1.807) is 6.92 Å². The SMILES string of the molecule is CCCCCCCCCCCCCCC(CCCC=C(C)C(=O)O)C(C)(C)C. The van der Waals surface area contributed by atoms with Gasteiger partial charge < -0.3 is 5.11 Å². The predicted molar refractivity (Wildman–Crippen MR) is 124 cm³/mol. The van der Waals surface area contributed by atoms with Crippen LogP contribution in [-0.4, -0.2) is 11.1 Å². The highest BCUT2D eigenvalue weighted by Crippen LogP contribution is 2.34. The van der Waals surface area contributed by atoms with Gasteiger partial charge in [-0.3, -0.25) is 0 Å². The maximum Gasteiger partial charge on any atom is 0.330 e. The van der Waals surface area contributed by atoms with Crippen LogP contribution < -0.4 is 0 Å². The number of carboxylic acids is 1. The van der Waals surface area contributed by atoms with E-state index >= 15 is 0 Å². The maximum atomic E-state index is 10.9. The standard InChI is InChI=1S/C26H50O2/c1-6-7-8-9-10-11-12-13-14-15-16-17-21-24(26(3,4)5)22-19-18-20-23(2)25(27)28/h20,24H,6-19,21-22H2,1-5H3,(H,27,28). The molecule has 0 amide bonds. The van der Waals surface area contributed by atoms with Crippen LogP contribution in [0.15, 0.2) is 11.6 Å². The molecule has 0 bridgehead atoms. The molecule has 0 heterocycles. The van der Waals surface area contributed by atoms with E-state index in [1.165, 1.54) is 89.9 Å². The summed E-state index contributed by atoms with van der Waals surface area (Å²) in [7, 11) is 0. The minimum absolute atomic E-state index is 0.351. The van der Waals surface area contributed by atoms with Crippen molar-refractivity contribution in [1.82, 2.24) is 0 Å². The normalized spacial score (nSPS) is 13.7. The Balaban J connectivity index is 3.77. The first-order chi connectivity index (χ1) is 13.3. The summed E-state index contributed by atoms with van der Waals surface area (Å²) in [6.07, 6.45) is 23.3. The van der Waals surface area contributed by atoms with E-state index < -0.39 is 5.97 Å². The molecule has 1 N–H and O–H groups in total. The Hall–Kier alpha value is -0.790. The van der Waals surface area contributed by atoms with E-state index in [2.05, 4.69) is 27.7 Å². The highest BCUT2D eigenvalue weighted by atomic mass is 16.4. The van der Waals surface area contributed by atoms with Crippen LogP contribution >= 0.6 is 0 Å².